The second-order valence-corrected chi connectivity index (χ2v) is 9.55. The molecular weight excluding hydrogens is 444 g/mol. The molecule has 2 N–H and O–H groups in total. The molecule has 0 heterocycles. The van der Waals surface area contributed by atoms with Gasteiger partial charge in [-0.1, -0.05) is 70.4 Å². The predicted molar refractivity (Wildman–Crippen MR) is 139 cm³/mol. The summed E-state index contributed by atoms with van der Waals surface area (Å²) in [5.74, 6) is 0.630. The molecule has 7 nitrogen and oxygen atoms in total. The number of amides is 2. The van der Waals surface area contributed by atoms with Crippen molar-refractivity contribution in [3.05, 3.63) is 29.8 Å². The molecule has 1 saturated carbocycles. The monoisotopic (exact) mass is 490 g/mol. The summed E-state index contributed by atoms with van der Waals surface area (Å²) in [7, 11) is 0. The van der Waals surface area contributed by atoms with E-state index in [0.717, 1.165) is 37.3 Å². The van der Waals surface area contributed by atoms with E-state index in [-0.39, 0.29) is 6.03 Å². The molecule has 35 heavy (non-hydrogen) atoms. The Bertz CT molecular complexity index is 719. The number of carbonyl (C=O) groups excluding carboxylic acids is 1. The van der Waals surface area contributed by atoms with Gasteiger partial charge in [0.2, 0.25) is 0 Å². The van der Waals surface area contributed by atoms with Crippen LogP contribution in [0.3, 0.4) is 0 Å². The van der Waals surface area contributed by atoms with Crippen LogP contribution in [-0.2, 0) is 16.0 Å². The summed E-state index contributed by atoms with van der Waals surface area (Å²) in [6, 6.07) is 7.41. The molecule has 1 aromatic carbocycles. The first-order chi connectivity index (χ1) is 17.0. The first-order valence-electron chi connectivity index (χ1n) is 13.6. The minimum absolute atomic E-state index is 0.00861. The maximum Gasteiger partial charge on any atom is 0.333 e. The van der Waals surface area contributed by atoms with Gasteiger partial charge < -0.3 is 24.8 Å². The Morgan fingerprint density at radius 3 is 2.46 bits per heavy atom. The van der Waals surface area contributed by atoms with Crippen LogP contribution >= 0.6 is 0 Å². The molecule has 0 radical (unpaired) electrons. The Morgan fingerprint density at radius 1 is 1.06 bits per heavy atom. The number of carboxylic acid groups (broad SMARTS) is 1. The molecule has 2 amide bonds. The Morgan fingerprint density at radius 2 is 1.80 bits per heavy atom. The summed E-state index contributed by atoms with van der Waals surface area (Å²) in [5, 5.41) is 12.3. The average molecular weight is 491 g/mol. The van der Waals surface area contributed by atoms with Gasteiger partial charge in [-0.25, -0.2) is 9.59 Å². The number of nitrogens with zero attached hydrogens (tertiary/aromatic N) is 1. The van der Waals surface area contributed by atoms with E-state index in [0.29, 0.717) is 38.5 Å². The van der Waals surface area contributed by atoms with Crippen molar-refractivity contribution >= 4 is 12.0 Å². The number of hydrogen-bond acceptors (Lipinski definition) is 4. The lowest BCUT2D eigenvalue weighted by atomic mass is 9.86. The van der Waals surface area contributed by atoms with Crippen molar-refractivity contribution < 1.29 is 24.2 Å². The molecule has 1 unspecified atom stereocenters. The number of rotatable bonds is 17. The zero-order valence-corrected chi connectivity index (χ0v) is 21.8. The summed E-state index contributed by atoms with van der Waals surface area (Å²) >= 11 is 0. The molecule has 0 spiro atoms. The molecule has 2 rings (SSSR count). The van der Waals surface area contributed by atoms with Gasteiger partial charge in [0.1, 0.15) is 12.4 Å². The number of benzene rings is 1. The van der Waals surface area contributed by atoms with Crippen molar-refractivity contribution in [2.24, 2.45) is 5.92 Å². The Kier molecular flexibility index (Phi) is 14.2. The van der Waals surface area contributed by atoms with Crippen LogP contribution in [0.25, 0.3) is 0 Å². The molecule has 1 fully saturated rings. The van der Waals surface area contributed by atoms with Crippen LogP contribution in [0.2, 0.25) is 0 Å². The van der Waals surface area contributed by atoms with Gasteiger partial charge in [-0.3, -0.25) is 0 Å². The van der Waals surface area contributed by atoms with Crippen LogP contribution in [0.4, 0.5) is 4.79 Å². The topological polar surface area (TPSA) is 88.1 Å². The smallest absolute Gasteiger partial charge is 0.333 e. The predicted octanol–water partition coefficient (Wildman–Crippen LogP) is 5.66. The number of hydrogen-bond donors (Lipinski definition) is 2. The van der Waals surface area contributed by atoms with E-state index >= 15 is 0 Å². The zero-order valence-electron chi connectivity index (χ0n) is 21.8. The van der Waals surface area contributed by atoms with Crippen LogP contribution in [-0.4, -0.2) is 61.0 Å². The second kappa shape index (κ2) is 17.2. The SMILES string of the molecule is CCCCNC(=O)N(CCCCC1CCCCC1)CCOc1ccc(CC(OCC)C(=O)O)cc1. The number of carboxylic acids is 1. The lowest BCUT2D eigenvalue weighted by Crippen LogP contribution is -2.43. The largest absolute Gasteiger partial charge is 0.492 e. The Hall–Kier alpha value is -2.28. The fourth-order valence-corrected chi connectivity index (χ4v) is 4.64. The third-order valence-corrected chi connectivity index (χ3v) is 6.73. The fraction of sp³-hybridized carbons (Fsp3) is 0.714. The van der Waals surface area contributed by atoms with Gasteiger partial charge in [-0.2, -0.15) is 0 Å². The molecular formula is C28H46N2O5. The standard InChI is InChI=1S/C28H46N2O5/c1-3-5-18-29-28(33)30(19-10-9-13-23-11-7-6-8-12-23)20-21-35-25-16-14-24(15-17-25)22-26(27(31)32)34-4-2/h14-17,23,26H,3-13,18-22H2,1-2H3,(H,29,33)(H,31,32). The van der Waals surface area contributed by atoms with Crippen molar-refractivity contribution in [1.82, 2.24) is 10.2 Å². The number of aliphatic carboxylic acids is 1. The first kappa shape index (κ1) is 29.0. The second-order valence-electron chi connectivity index (χ2n) is 9.55. The zero-order chi connectivity index (χ0) is 25.3. The summed E-state index contributed by atoms with van der Waals surface area (Å²) in [6.45, 7) is 6.68. The fourth-order valence-electron chi connectivity index (χ4n) is 4.64. The summed E-state index contributed by atoms with van der Waals surface area (Å²) in [6.07, 6.45) is 11.9. The third-order valence-electron chi connectivity index (χ3n) is 6.73. The number of nitrogens with one attached hydrogen (secondary N) is 1. The molecule has 0 aliphatic heterocycles. The summed E-state index contributed by atoms with van der Waals surface area (Å²) in [5.41, 5.74) is 0.882. The molecule has 198 valence electrons. The molecule has 7 heteroatoms. The van der Waals surface area contributed by atoms with E-state index in [4.69, 9.17) is 9.47 Å². The van der Waals surface area contributed by atoms with E-state index < -0.39 is 12.1 Å². The first-order valence-corrected chi connectivity index (χ1v) is 13.6. The van der Waals surface area contributed by atoms with Crippen LogP contribution < -0.4 is 10.1 Å². The molecule has 0 saturated heterocycles. The minimum Gasteiger partial charge on any atom is -0.492 e. The number of carbonyl (C=O) groups is 2. The van der Waals surface area contributed by atoms with Crippen molar-refractivity contribution in [2.75, 3.05) is 32.8 Å². The van der Waals surface area contributed by atoms with Crippen molar-refractivity contribution in [3.63, 3.8) is 0 Å². The Balaban J connectivity index is 1.79. The lowest BCUT2D eigenvalue weighted by Gasteiger charge is -2.25. The van der Waals surface area contributed by atoms with Gasteiger partial charge in [-0.05, 0) is 43.4 Å². The molecule has 1 atom stereocenters. The van der Waals surface area contributed by atoms with Gasteiger partial charge in [0, 0.05) is 26.1 Å². The van der Waals surface area contributed by atoms with Crippen molar-refractivity contribution in [2.45, 2.75) is 90.6 Å². The molecule has 0 bridgehead atoms. The van der Waals surface area contributed by atoms with Crippen molar-refractivity contribution in [3.8, 4) is 5.75 Å². The highest BCUT2D eigenvalue weighted by Crippen LogP contribution is 2.27. The minimum atomic E-state index is -0.955. The van der Waals surface area contributed by atoms with Gasteiger partial charge in [0.25, 0.3) is 0 Å². The molecule has 1 aliphatic carbocycles. The lowest BCUT2D eigenvalue weighted by molar-refractivity contribution is -0.149. The van der Waals surface area contributed by atoms with Crippen LogP contribution in [0.5, 0.6) is 5.75 Å². The van der Waals surface area contributed by atoms with E-state index in [1.54, 1.807) is 6.92 Å². The number of urea groups is 1. The van der Waals surface area contributed by atoms with E-state index in [2.05, 4.69) is 12.2 Å². The van der Waals surface area contributed by atoms with Gasteiger partial charge in [-0.15, -0.1) is 0 Å². The van der Waals surface area contributed by atoms with Crippen LogP contribution in [0.1, 0.15) is 83.6 Å². The maximum atomic E-state index is 12.7. The summed E-state index contributed by atoms with van der Waals surface area (Å²) in [4.78, 5) is 25.9. The van der Waals surface area contributed by atoms with Gasteiger partial charge >= 0.3 is 12.0 Å². The third kappa shape index (κ3) is 11.8. The number of ether oxygens (including phenoxy) is 2. The van der Waals surface area contributed by atoms with E-state index in [1.165, 1.54) is 44.9 Å². The van der Waals surface area contributed by atoms with Gasteiger partial charge in [0.05, 0.1) is 6.54 Å². The Labute approximate surface area is 211 Å². The van der Waals surface area contributed by atoms with Gasteiger partial charge in [0.15, 0.2) is 6.10 Å². The van der Waals surface area contributed by atoms with Crippen molar-refractivity contribution in [1.29, 1.82) is 0 Å². The maximum absolute atomic E-state index is 12.7. The number of unbranched alkanes of at least 4 members (excludes halogenated alkanes) is 2. The summed E-state index contributed by atoms with van der Waals surface area (Å²) < 4.78 is 11.2. The molecule has 1 aromatic rings. The molecule has 0 aromatic heterocycles. The van der Waals surface area contributed by atoms with Crippen LogP contribution in [0, 0.1) is 5.92 Å². The van der Waals surface area contributed by atoms with E-state index in [1.807, 2.05) is 29.2 Å². The van der Waals surface area contributed by atoms with E-state index in [9.17, 15) is 14.7 Å². The molecule has 1 aliphatic rings. The highest BCUT2D eigenvalue weighted by Gasteiger charge is 2.18. The highest BCUT2D eigenvalue weighted by molar-refractivity contribution is 5.74. The normalized spacial score (nSPS) is 14.9. The highest BCUT2D eigenvalue weighted by atomic mass is 16.5. The van der Waals surface area contributed by atoms with Crippen LogP contribution in [0.15, 0.2) is 24.3 Å². The quantitative estimate of drug-likeness (QED) is 0.275. The average Bonchev–Trinajstić information content (AvgIpc) is 2.86.